The van der Waals surface area contributed by atoms with E-state index in [1.54, 1.807) is 13.0 Å². The number of hydrogen-bond donors (Lipinski definition) is 0. The van der Waals surface area contributed by atoms with E-state index < -0.39 is 0 Å². The summed E-state index contributed by atoms with van der Waals surface area (Å²) < 4.78 is 4.65. The summed E-state index contributed by atoms with van der Waals surface area (Å²) in [5, 5.41) is 3.53. The van der Waals surface area contributed by atoms with E-state index in [0.717, 1.165) is 5.76 Å². The van der Waals surface area contributed by atoms with Crippen molar-refractivity contribution in [1.29, 1.82) is 0 Å². The summed E-state index contributed by atoms with van der Waals surface area (Å²) in [4.78, 5) is 0. The normalized spacial score (nSPS) is 7.10. The van der Waals surface area contributed by atoms with Gasteiger partial charge in [-0.25, -0.2) is 6.92 Å². The molecule has 0 spiro atoms. The Morgan fingerprint density at radius 1 is 1.50 bits per heavy atom. The van der Waals surface area contributed by atoms with Gasteiger partial charge in [-0.3, -0.25) is 0 Å². The monoisotopic (exact) mass is 214 g/mol. The molecule has 0 bridgehead atoms. The van der Waals surface area contributed by atoms with Crippen LogP contribution in [0.1, 0.15) is 18.4 Å². The number of hydrogen-bond acceptors (Lipinski definition) is 2. The predicted molar refractivity (Wildman–Crippen MR) is 36.7 cm³/mol. The molecule has 1 rings (SSSR count). The fourth-order valence-corrected chi connectivity index (χ4v) is 0.418. The number of aryl methyl sites for hydroxylation is 1. The summed E-state index contributed by atoms with van der Waals surface area (Å²) in [6.07, 6.45) is 0. The van der Waals surface area contributed by atoms with Crippen LogP contribution >= 0.6 is 0 Å². The van der Waals surface area contributed by atoms with Gasteiger partial charge in [0.05, 0.1) is 5.76 Å². The van der Waals surface area contributed by atoms with Crippen LogP contribution in [-0.4, -0.2) is 5.16 Å². The molecule has 0 unspecified atom stereocenters. The summed E-state index contributed by atoms with van der Waals surface area (Å²) in [5.41, 5.74) is 0.692. The Bertz CT molecular complexity index is 146. The molecule has 52 valence electrons. The van der Waals surface area contributed by atoms with Gasteiger partial charge < -0.3 is 11.4 Å². The molecule has 0 atom stereocenters. The van der Waals surface area contributed by atoms with Crippen molar-refractivity contribution in [1.82, 2.24) is 5.16 Å². The molecule has 3 heteroatoms. The van der Waals surface area contributed by atoms with E-state index in [4.69, 9.17) is 0 Å². The Morgan fingerprint density at radius 2 is 2.00 bits per heavy atom. The van der Waals surface area contributed by atoms with Crippen molar-refractivity contribution in [3.8, 4) is 0 Å². The van der Waals surface area contributed by atoms with Crippen molar-refractivity contribution >= 4 is 0 Å². The van der Waals surface area contributed by atoms with E-state index in [1.165, 1.54) is 0 Å². The molecule has 1 heterocycles. The summed E-state index contributed by atoms with van der Waals surface area (Å²) in [6, 6.07) is 1.78. The van der Waals surface area contributed by atoms with E-state index in [2.05, 4.69) is 23.5 Å². The summed E-state index contributed by atoms with van der Waals surface area (Å²) >= 11 is 0. The van der Waals surface area contributed by atoms with E-state index in [-0.39, 0.29) is 32.7 Å². The van der Waals surface area contributed by atoms with E-state index in [0.29, 0.717) is 5.69 Å². The average Bonchev–Trinajstić information content (AvgIpc) is 2.20. The van der Waals surface area contributed by atoms with Gasteiger partial charge in [0.15, 0.2) is 0 Å². The van der Waals surface area contributed by atoms with Crippen LogP contribution in [0.4, 0.5) is 0 Å². The third kappa shape index (κ3) is 5.01. The molecule has 1 aromatic rings. The molecular formula is C7H11NOY+. The minimum absolute atomic E-state index is 0. The van der Waals surface area contributed by atoms with E-state index in [9.17, 15) is 0 Å². The van der Waals surface area contributed by atoms with Gasteiger partial charge in [0, 0.05) is 0 Å². The first-order chi connectivity index (χ1) is 4.29. The Balaban J connectivity index is 0. The summed E-state index contributed by atoms with van der Waals surface area (Å²) in [7, 11) is 0. The van der Waals surface area contributed by atoms with Gasteiger partial charge in [0.2, 0.25) is 0 Å². The van der Waals surface area contributed by atoms with Gasteiger partial charge in [-0.1, -0.05) is 5.69 Å². The topological polar surface area (TPSA) is 26.0 Å². The number of aromatic nitrogens is 1. The van der Waals surface area contributed by atoms with Crippen LogP contribution in [0.2, 0.25) is 0 Å². The number of nitrogens with zero attached hydrogens (tertiary/aromatic N) is 1. The van der Waals surface area contributed by atoms with Crippen LogP contribution in [-0.2, 0) is 32.7 Å². The first kappa shape index (κ1) is 12.8. The maximum Gasteiger partial charge on any atom is 3.00 e. The molecule has 0 saturated heterocycles. The van der Waals surface area contributed by atoms with Gasteiger partial charge in [-0.05, 0) is 6.92 Å². The van der Waals surface area contributed by atoms with Crippen molar-refractivity contribution in [3.63, 3.8) is 0 Å². The molecule has 0 aromatic carbocycles. The zero-order chi connectivity index (χ0) is 7.28. The zero-order valence-electron chi connectivity index (χ0n) is 6.42. The smallest absolute Gasteiger partial charge is 0.383 e. The van der Waals surface area contributed by atoms with Crippen LogP contribution in [0.5, 0.6) is 0 Å². The molecule has 0 aliphatic heterocycles. The number of rotatable bonds is 0. The van der Waals surface area contributed by atoms with Crippen LogP contribution < -0.4 is 0 Å². The maximum atomic E-state index is 4.65. The molecule has 0 aliphatic rings. The van der Waals surface area contributed by atoms with E-state index >= 15 is 0 Å². The summed E-state index contributed by atoms with van der Waals surface area (Å²) in [6.45, 7) is 10.4. The molecule has 1 aromatic heterocycles. The van der Waals surface area contributed by atoms with Crippen LogP contribution in [0.3, 0.4) is 0 Å². The van der Waals surface area contributed by atoms with Crippen molar-refractivity contribution in [3.05, 3.63) is 31.4 Å². The quantitative estimate of drug-likeness (QED) is 0.617. The second-order valence-electron chi connectivity index (χ2n) is 1.43. The van der Waals surface area contributed by atoms with Crippen molar-refractivity contribution in [2.75, 3.05) is 0 Å². The second kappa shape index (κ2) is 7.29. The third-order valence-corrected chi connectivity index (χ3v) is 0.677. The van der Waals surface area contributed by atoms with Crippen LogP contribution in [0.15, 0.2) is 10.6 Å². The molecule has 2 nitrogen and oxygen atoms in total. The predicted octanol–water partition coefficient (Wildman–Crippen LogP) is 2.00. The molecule has 0 fully saturated rings. The molecule has 0 amide bonds. The van der Waals surface area contributed by atoms with Gasteiger partial charge in [-0.2, -0.15) is 6.92 Å². The van der Waals surface area contributed by atoms with Gasteiger partial charge in [0.1, 0.15) is 0 Å². The van der Waals surface area contributed by atoms with Crippen molar-refractivity contribution in [2.45, 2.75) is 13.8 Å². The summed E-state index contributed by atoms with van der Waals surface area (Å²) in [5.74, 6) is 0.810. The fraction of sp³-hybridized carbons (Fsp3) is 0.286. The van der Waals surface area contributed by atoms with Gasteiger partial charge in [-0.15, -0.1) is 11.2 Å². The first-order valence-electron chi connectivity index (χ1n) is 2.75. The average molecular weight is 214 g/mol. The fourth-order valence-electron chi connectivity index (χ4n) is 0.418. The largest absolute Gasteiger partial charge is 3.00 e. The minimum atomic E-state index is 0. The maximum absolute atomic E-state index is 4.65. The zero-order valence-corrected chi connectivity index (χ0v) is 9.26. The minimum Gasteiger partial charge on any atom is -0.383 e. The Labute approximate surface area is 87.2 Å². The Morgan fingerprint density at radius 3 is 2.10 bits per heavy atom. The van der Waals surface area contributed by atoms with Gasteiger partial charge in [0.25, 0.3) is 0 Å². The van der Waals surface area contributed by atoms with Crippen molar-refractivity contribution in [2.24, 2.45) is 0 Å². The molecule has 0 saturated carbocycles. The van der Waals surface area contributed by atoms with E-state index in [1.807, 2.05) is 6.92 Å². The standard InChI is InChI=1S/C5H6NO.C2H5.Y/c1-4-3-5(2)7-6-4;1-2;/h3H,1H2,2H3;1H2,2H3;/q2*-1;+3. The molecule has 0 aliphatic carbocycles. The van der Waals surface area contributed by atoms with Crippen LogP contribution in [0.25, 0.3) is 0 Å². The third-order valence-electron chi connectivity index (χ3n) is 0.677. The van der Waals surface area contributed by atoms with Gasteiger partial charge >= 0.3 is 32.7 Å². The molecular weight excluding hydrogens is 203 g/mol. The van der Waals surface area contributed by atoms with Crippen molar-refractivity contribution < 1.29 is 37.2 Å². The molecule has 0 N–H and O–H groups in total. The molecule has 10 heavy (non-hydrogen) atoms. The Hall–Kier alpha value is 0.184. The molecule has 0 radical (unpaired) electrons. The van der Waals surface area contributed by atoms with Crippen LogP contribution in [0, 0.1) is 20.8 Å². The Kier molecular flexibility index (Phi) is 9.35. The SMILES string of the molecule is [CH2-]C.[CH2-]c1cc(C)on1.[Y+3]. The first-order valence-corrected chi connectivity index (χ1v) is 2.75. The second-order valence-corrected chi connectivity index (χ2v) is 1.43.